The highest BCUT2D eigenvalue weighted by Gasteiger charge is 2.36. The van der Waals surface area contributed by atoms with Crippen molar-refractivity contribution in [2.75, 3.05) is 46.6 Å². The third-order valence-electron chi connectivity index (χ3n) is 10.7. The van der Waals surface area contributed by atoms with Gasteiger partial charge in [-0.25, -0.2) is 0 Å². The van der Waals surface area contributed by atoms with Crippen LogP contribution in [0.4, 0.5) is 0 Å². The summed E-state index contributed by atoms with van der Waals surface area (Å²) in [5, 5.41) is 13.4. The Bertz CT molecular complexity index is 658. The van der Waals surface area contributed by atoms with E-state index >= 15 is 0 Å². The van der Waals surface area contributed by atoms with Crippen LogP contribution in [0.5, 0.6) is 0 Å². The maximum absolute atomic E-state index is 9.98. The van der Waals surface area contributed by atoms with Gasteiger partial charge in [0.2, 0.25) is 0 Å². The Morgan fingerprint density at radius 2 is 0.900 bits per heavy atom. The second-order valence-corrected chi connectivity index (χ2v) is 15.6. The summed E-state index contributed by atoms with van der Waals surface area (Å²) in [6.45, 7) is 9.53. The molecular weight excluding hydrogens is 622 g/mol. The molecule has 6 N–H and O–H groups in total. The number of nitrogens with one attached hydrogen (secondary N) is 1. The molecule has 7 nitrogen and oxygen atoms in total. The van der Waals surface area contributed by atoms with Gasteiger partial charge in [0.25, 0.3) is 0 Å². The smallest absolute Gasteiger partial charge is 0.0895 e. The van der Waals surface area contributed by atoms with Gasteiger partial charge in [-0.2, -0.15) is 0 Å². The van der Waals surface area contributed by atoms with E-state index in [4.69, 9.17) is 25.7 Å². The van der Waals surface area contributed by atoms with Gasteiger partial charge < -0.3 is 36.1 Å². The van der Waals surface area contributed by atoms with Crippen LogP contribution in [-0.2, 0) is 14.2 Å². The van der Waals surface area contributed by atoms with Gasteiger partial charge in [0.05, 0.1) is 31.5 Å². The first-order valence-corrected chi connectivity index (χ1v) is 22.0. The predicted octanol–water partition coefficient (Wildman–Crippen LogP) is 10.4. The van der Waals surface area contributed by atoms with E-state index in [-0.39, 0.29) is 25.4 Å². The second-order valence-electron chi connectivity index (χ2n) is 15.6. The molecule has 0 aromatic rings. The summed E-state index contributed by atoms with van der Waals surface area (Å²) in [6, 6.07) is 0. The number of unbranched alkanes of at least 4 members (excludes halogenated alkanes) is 26. The summed E-state index contributed by atoms with van der Waals surface area (Å²) in [5.74, 6) is 0. The first-order chi connectivity index (χ1) is 24.5. The van der Waals surface area contributed by atoms with Crippen LogP contribution in [0.3, 0.4) is 0 Å². The van der Waals surface area contributed by atoms with Crippen LogP contribution in [0.1, 0.15) is 207 Å². The molecule has 4 unspecified atom stereocenters. The summed E-state index contributed by atoms with van der Waals surface area (Å²) in [7, 11) is 1.95. The van der Waals surface area contributed by atoms with E-state index in [1.54, 1.807) is 0 Å². The van der Waals surface area contributed by atoms with E-state index < -0.39 is 11.6 Å². The monoisotopic (exact) mass is 714 g/mol. The van der Waals surface area contributed by atoms with E-state index in [1.807, 2.05) is 7.05 Å². The zero-order chi connectivity index (χ0) is 36.8. The summed E-state index contributed by atoms with van der Waals surface area (Å²) >= 11 is 0. The van der Waals surface area contributed by atoms with Crippen molar-refractivity contribution >= 4 is 0 Å². The molecule has 0 aliphatic carbocycles. The number of hydrogen-bond donors (Lipinski definition) is 4. The van der Waals surface area contributed by atoms with E-state index in [9.17, 15) is 5.11 Å². The van der Waals surface area contributed by atoms with Gasteiger partial charge >= 0.3 is 0 Å². The molecular formula is C43H91N3O4. The summed E-state index contributed by atoms with van der Waals surface area (Å²) in [5.41, 5.74) is 11.4. The van der Waals surface area contributed by atoms with Gasteiger partial charge in [-0.05, 0) is 33.2 Å². The van der Waals surface area contributed by atoms with Crippen molar-refractivity contribution in [2.45, 2.75) is 231 Å². The number of ether oxygens (including phenoxy) is 3. The fraction of sp³-hybridized carbons (Fsp3) is 1.00. The standard InChI is InChI=1S/C43H91N3O4/c1-5-7-9-11-13-15-17-19-21-23-25-27-29-31-33-48-39-41(35-43(3,46-4)42(37-45)50-38-40(47)36-44)49-34-32-30-28-26-24-22-20-18-16-14-12-10-8-6-2/h40-42,46-47H,5-39,44-45H2,1-4H3. The number of rotatable bonds is 42. The molecule has 0 heterocycles. The molecule has 0 amide bonds. The Hall–Kier alpha value is -0.280. The van der Waals surface area contributed by atoms with Crippen LogP contribution in [0.25, 0.3) is 0 Å². The number of nitrogens with two attached hydrogens (primary N) is 2. The molecule has 302 valence electrons. The third-order valence-corrected chi connectivity index (χ3v) is 10.7. The molecule has 50 heavy (non-hydrogen) atoms. The number of likely N-dealkylation sites (N-methyl/N-ethyl adjacent to an activating group) is 1. The highest BCUT2D eigenvalue weighted by atomic mass is 16.5. The molecule has 0 bridgehead atoms. The molecule has 0 fully saturated rings. The average Bonchev–Trinajstić information content (AvgIpc) is 3.12. The van der Waals surface area contributed by atoms with E-state index in [2.05, 4.69) is 26.1 Å². The summed E-state index contributed by atoms with van der Waals surface area (Å²) < 4.78 is 18.8. The molecule has 0 aliphatic rings. The molecule has 0 saturated heterocycles. The molecule has 7 heteroatoms. The van der Waals surface area contributed by atoms with Crippen LogP contribution in [-0.4, -0.2) is 75.5 Å². The lowest BCUT2D eigenvalue weighted by Gasteiger charge is -2.39. The highest BCUT2D eigenvalue weighted by Crippen LogP contribution is 2.23. The first kappa shape index (κ1) is 49.7. The zero-order valence-electron chi connectivity index (χ0n) is 34.3. The van der Waals surface area contributed by atoms with E-state index in [0.29, 0.717) is 13.2 Å². The minimum Gasteiger partial charge on any atom is -0.389 e. The molecule has 0 aromatic carbocycles. The number of hydrogen-bond acceptors (Lipinski definition) is 7. The lowest BCUT2D eigenvalue weighted by atomic mass is 9.88. The molecule has 0 rings (SSSR count). The van der Waals surface area contributed by atoms with Crippen LogP contribution in [0, 0.1) is 0 Å². The van der Waals surface area contributed by atoms with Gasteiger partial charge in [-0.15, -0.1) is 0 Å². The van der Waals surface area contributed by atoms with Crippen LogP contribution < -0.4 is 16.8 Å². The quantitative estimate of drug-likeness (QED) is 0.0466. The minimum absolute atomic E-state index is 0.0434. The minimum atomic E-state index is -0.689. The lowest BCUT2D eigenvalue weighted by Crippen LogP contribution is -2.57. The molecule has 0 spiro atoms. The fourth-order valence-corrected chi connectivity index (χ4v) is 7.00. The van der Waals surface area contributed by atoms with Gasteiger partial charge in [-0.1, -0.05) is 181 Å². The highest BCUT2D eigenvalue weighted by molar-refractivity contribution is 4.94. The molecule has 0 aromatic heterocycles. The fourth-order valence-electron chi connectivity index (χ4n) is 7.00. The van der Waals surface area contributed by atoms with Crippen molar-refractivity contribution in [2.24, 2.45) is 11.5 Å². The van der Waals surface area contributed by atoms with E-state index in [1.165, 1.54) is 167 Å². The van der Waals surface area contributed by atoms with Crippen molar-refractivity contribution in [3.05, 3.63) is 0 Å². The van der Waals surface area contributed by atoms with Crippen molar-refractivity contribution in [3.63, 3.8) is 0 Å². The molecule has 0 radical (unpaired) electrons. The lowest BCUT2D eigenvalue weighted by molar-refractivity contribution is -0.0748. The topological polar surface area (TPSA) is 112 Å². The average molecular weight is 714 g/mol. The van der Waals surface area contributed by atoms with Crippen molar-refractivity contribution < 1.29 is 19.3 Å². The Morgan fingerprint density at radius 3 is 1.26 bits per heavy atom. The number of aliphatic hydroxyl groups excluding tert-OH is 1. The van der Waals surface area contributed by atoms with Crippen molar-refractivity contribution in [3.8, 4) is 0 Å². The van der Waals surface area contributed by atoms with E-state index in [0.717, 1.165) is 32.5 Å². The third kappa shape index (κ3) is 31.3. The first-order valence-electron chi connectivity index (χ1n) is 22.0. The van der Waals surface area contributed by atoms with Gasteiger partial charge in [0.15, 0.2) is 0 Å². The van der Waals surface area contributed by atoms with Crippen molar-refractivity contribution in [1.29, 1.82) is 0 Å². The van der Waals surface area contributed by atoms with Gasteiger partial charge in [-0.3, -0.25) is 0 Å². The van der Waals surface area contributed by atoms with Crippen LogP contribution in [0.15, 0.2) is 0 Å². The molecule has 0 saturated carbocycles. The molecule has 4 atom stereocenters. The van der Waals surface area contributed by atoms with Gasteiger partial charge in [0.1, 0.15) is 0 Å². The Labute approximate surface area is 312 Å². The zero-order valence-corrected chi connectivity index (χ0v) is 34.3. The maximum atomic E-state index is 9.98. The molecule has 0 aliphatic heterocycles. The second kappa shape index (κ2) is 38.4. The Kier molecular flexibility index (Phi) is 38.2. The largest absolute Gasteiger partial charge is 0.389 e. The number of aliphatic hydroxyl groups is 1. The summed E-state index contributed by atoms with van der Waals surface area (Å²) in [4.78, 5) is 0. The van der Waals surface area contributed by atoms with Crippen molar-refractivity contribution in [1.82, 2.24) is 5.32 Å². The summed E-state index contributed by atoms with van der Waals surface area (Å²) in [6.07, 6.45) is 37.7. The van der Waals surface area contributed by atoms with Crippen LogP contribution in [0.2, 0.25) is 0 Å². The maximum Gasteiger partial charge on any atom is 0.0895 e. The normalized spacial score (nSPS) is 14.9. The Morgan fingerprint density at radius 1 is 0.520 bits per heavy atom. The predicted molar refractivity (Wildman–Crippen MR) is 217 cm³/mol. The van der Waals surface area contributed by atoms with Crippen LogP contribution >= 0.6 is 0 Å². The van der Waals surface area contributed by atoms with Gasteiger partial charge in [0, 0.05) is 31.8 Å². The SMILES string of the molecule is CCCCCCCCCCCCCCCCOCC(CC(C)(NC)C(CN)OCC(O)CN)OCCCCCCCCCCCCCCCC. The Balaban J connectivity index is 4.38.